The lowest BCUT2D eigenvalue weighted by Crippen LogP contribution is -2.33. The molecule has 4 heteroatoms. The van der Waals surface area contributed by atoms with Crippen molar-refractivity contribution in [3.8, 4) is 6.01 Å². The smallest absolute Gasteiger partial charge is 0.318 e. The molecule has 0 N–H and O–H groups in total. The SMILES string of the molecule is CCC(Oc1ncc2ccccc2n1)N(C)C. The molecule has 17 heavy (non-hydrogen) atoms. The first kappa shape index (κ1) is 11.8. The number of rotatable bonds is 4. The lowest BCUT2D eigenvalue weighted by molar-refractivity contribution is 0.0526. The highest BCUT2D eigenvalue weighted by atomic mass is 16.5. The van der Waals surface area contributed by atoms with Gasteiger partial charge in [-0.05, 0) is 26.6 Å². The molecule has 1 aromatic heterocycles. The van der Waals surface area contributed by atoms with Crippen LogP contribution in [-0.4, -0.2) is 35.2 Å². The number of fused-ring (bicyclic) bond motifs is 1. The van der Waals surface area contributed by atoms with Crippen molar-refractivity contribution in [3.63, 3.8) is 0 Å². The van der Waals surface area contributed by atoms with Crippen LogP contribution < -0.4 is 4.74 Å². The molecule has 0 saturated heterocycles. The molecule has 2 aromatic rings. The Morgan fingerprint density at radius 1 is 1.29 bits per heavy atom. The Labute approximate surface area is 101 Å². The minimum absolute atomic E-state index is 0.0103. The summed E-state index contributed by atoms with van der Waals surface area (Å²) in [6.07, 6.45) is 2.69. The van der Waals surface area contributed by atoms with Crippen LogP contribution in [0.4, 0.5) is 0 Å². The zero-order chi connectivity index (χ0) is 12.3. The zero-order valence-corrected chi connectivity index (χ0v) is 10.4. The molecule has 4 nitrogen and oxygen atoms in total. The predicted octanol–water partition coefficient (Wildman–Crippen LogP) is 2.31. The van der Waals surface area contributed by atoms with Gasteiger partial charge < -0.3 is 4.74 Å². The molecular weight excluding hydrogens is 214 g/mol. The third-order valence-corrected chi connectivity index (χ3v) is 2.63. The zero-order valence-electron chi connectivity index (χ0n) is 10.4. The van der Waals surface area contributed by atoms with E-state index in [9.17, 15) is 0 Å². The molecule has 1 atom stereocenters. The van der Waals surface area contributed by atoms with E-state index in [4.69, 9.17) is 4.74 Å². The lowest BCUT2D eigenvalue weighted by Gasteiger charge is -2.22. The van der Waals surface area contributed by atoms with Gasteiger partial charge in [-0.25, -0.2) is 4.98 Å². The summed E-state index contributed by atoms with van der Waals surface area (Å²) in [5, 5.41) is 1.03. The molecule has 0 fully saturated rings. The molecule has 1 heterocycles. The van der Waals surface area contributed by atoms with E-state index in [1.807, 2.05) is 43.3 Å². The maximum Gasteiger partial charge on any atom is 0.318 e. The van der Waals surface area contributed by atoms with E-state index in [-0.39, 0.29) is 6.23 Å². The van der Waals surface area contributed by atoms with E-state index in [1.54, 1.807) is 6.20 Å². The number of hydrogen-bond acceptors (Lipinski definition) is 4. The second-order valence-corrected chi connectivity index (χ2v) is 4.16. The Bertz CT molecular complexity index is 499. The van der Waals surface area contributed by atoms with Gasteiger partial charge in [-0.3, -0.25) is 4.90 Å². The summed E-state index contributed by atoms with van der Waals surface area (Å²) in [5.74, 6) is 0. The van der Waals surface area contributed by atoms with Crippen molar-refractivity contribution >= 4 is 10.9 Å². The monoisotopic (exact) mass is 231 g/mol. The predicted molar refractivity (Wildman–Crippen MR) is 67.9 cm³/mol. The summed E-state index contributed by atoms with van der Waals surface area (Å²) in [4.78, 5) is 10.6. The van der Waals surface area contributed by atoms with E-state index < -0.39 is 0 Å². The fraction of sp³-hybridized carbons (Fsp3) is 0.385. The second-order valence-electron chi connectivity index (χ2n) is 4.16. The summed E-state index contributed by atoms with van der Waals surface area (Å²) in [6.45, 7) is 2.08. The van der Waals surface area contributed by atoms with Crippen LogP contribution in [0.3, 0.4) is 0 Å². The largest absolute Gasteiger partial charge is 0.444 e. The first-order chi connectivity index (χ1) is 8.20. The minimum Gasteiger partial charge on any atom is -0.444 e. The van der Waals surface area contributed by atoms with E-state index in [0.717, 1.165) is 17.3 Å². The minimum atomic E-state index is 0.0103. The third kappa shape index (κ3) is 2.71. The highest BCUT2D eigenvalue weighted by Crippen LogP contribution is 2.14. The molecule has 1 unspecified atom stereocenters. The van der Waals surface area contributed by atoms with Crippen LogP contribution in [0.25, 0.3) is 10.9 Å². The van der Waals surface area contributed by atoms with Gasteiger partial charge in [-0.2, -0.15) is 4.98 Å². The van der Waals surface area contributed by atoms with Crippen LogP contribution in [0.1, 0.15) is 13.3 Å². The van der Waals surface area contributed by atoms with Crippen molar-refractivity contribution in [2.75, 3.05) is 14.1 Å². The van der Waals surface area contributed by atoms with Crippen molar-refractivity contribution in [1.82, 2.24) is 14.9 Å². The molecule has 0 amide bonds. The highest BCUT2D eigenvalue weighted by Gasteiger charge is 2.12. The summed E-state index contributed by atoms with van der Waals surface area (Å²) < 4.78 is 5.74. The van der Waals surface area contributed by atoms with Crippen molar-refractivity contribution in [1.29, 1.82) is 0 Å². The fourth-order valence-corrected chi connectivity index (χ4v) is 1.69. The topological polar surface area (TPSA) is 38.3 Å². The summed E-state index contributed by atoms with van der Waals surface area (Å²) in [6, 6.07) is 8.32. The Hall–Kier alpha value is -1.68. The first-order valence-corrected chi connectivity index (χ1v) is 5.75. The molecule has 90 valence electrons. The number of nitrogens with zero attached hydrogens (tertiary/aromatic N) is 3. The summed E-state index contributed by atoms with van der Waals surface area (Å²) in [7, 11) is 3.96. The van der Waals surface area contributed by atoms with E-state index >= 15 is 0 Å². The van der Waals surface area contributed by atoms with Crippen LogP contribution in [0.2, 0.25) is 0 Å². The number of aromatic nitrogens is 2. The van der Waals surface area contributed by atoms with Crippen LogP contribution >= 0.6 is 0 Å². The molecular formula is C13H17N3O. The maximum absolute atomic E-state index is 5.74. The number of ether oxygens (including phenoxy) is 1. The van der Waals surface area contributed by atoms with Crippen molar-refractivity contribution < 1.29 is 4.74 Å². The third-order valence-electron chi connectivity index (χ3n) is 2.63. The van der Waals surface area contributed by atoms with E-state index in [0.29, 0.717) is 6.01 Å². The summed E-state index contributed by atoms with van der Waals surface area (Å²) >= 11 is 0. The van der Waals surface area contributed by atoms with Gasteiger partial charge in [-0.15, -0.1) is 0 Å². The molecule has 0 aliphatic heterocycles. The van der Waals surface area contributed by atoms with Crippen molar-refractivity contribution in [3.05, 3.63) is 30.5 Å². The fourth-order valence-electron chi connectivity index (χ4n) is 1.69. The number of hydrogen-bond donors (Lipinski definition) is 0. The van der Waals surface area contributed by atoms with Crippen LogP contribution in [0, 0.1) is 0 Å². The Morgan fingerprint density at radius 2 is 2.06 bits per heavy atom. The van der Waals surface area contributed by atoms with Gasteiger partial charge in [0.15, 0.2) is 6.23 Å². The van der Waals surface area contributed by atoms with Crippen LogP contribution in [0.15, 0.2) is 30.5 Å². The number of para-hydroxylation sites is 1. The molecule has 0 radical (unpaired) electrons. The second kappa shape index (κ2) is 5.10. The Morgan fingerprint density at radius 3 is 2.76 bits per heavy atom. The van der Waals surface area contributed by atoms with Gasteiger partial charge >= 0.3 is 6.01 Å². The molecule has 0 aliphatic rings. The molecule has 0 saturated carbocycles. The van der Waals surface area contributed by atoms with Crippen molar-refractivity contribution in [2.45, 2.75) is 19.6 Å². The molecule has 0 bridgehead atoms. The highest BCUT2D eigenvalue weighted by molar-refractivity contribution is 5.77. The van der Waals surface area contributed by atoms with Gasteiger partial charge in [0.25, 0.3) is 0 Å². The van der Waals surface area contributed by atoms with E-state index in [1.165, 1.54) is 0 Å². The Balaban J connectivity index is 2.24. The van der Waals surface area contributed by atoms with Gasteiger partial charge in [-0.1, -0.05) is 25.1 Å². The molecule has 2 rings (SSSR count). The molecule has 0 spiro atoms. The van der Waals surface area contributed by atoms with Crippen LogP contribution in [0.5, 0.6) is 6.01 Å². The first-order valence-electron chi connectivity index (χ1n) is 5.75. The van der Waals surface area contributed by atoms with Gasteiger partial charge in [0.05, 0.1) is 5.52 Å². The van der Waals surface area contributed by atoms with Gasteiger partial charge in [0.2, 0.25) is 0 Å². The van der Waals surface area contributed by atoms with Gasteiger partial charge in [0, 0.05) is 11.6 Å². The van der Waals surface area contributed by atoms with Crippen LogP contribution in [-0.2, 0) is 0 Å². The Kier molecular flexibility index (Phi) is 3.54. The standard InChI is InChI=1S/C13H17N3O/c1-4-12(16(2)3)17-13-14-9-10-7-5-6-8-11(10)15-13/h5-9,12H,4H2,1-3H3. The molecule has 1 aromatic carbocycles. The summed E-state index contributed by atoms with van der Waals surface area (Å²) in [5.41, 5.74) is 0.908. The average molecular weight is 231 g/mol. The quantitative estimate of drug-likeness (QED) is 0.757. The lowest BCUT2D eigenvalue weighted by atomic mass is 10.2. The van der Waals surface area contributed by atoms with Gasteiger partial charge in [0.1, 0.15) is 0 Å². The van der Waals surface area contributed by atoms with E-state index in [2.05, 4.69) is 16.9 Å². The number of benzene rings is 1. The maximum atomic E-state index is 5.74. The normalized spacial score (nSPS) is 12.9. The van der Waals surface area contributed by atoms with Crippen molar-refractivity contribution in [2.24, 2.45) is 0 Å². The molecule has 0 aliphatic carbocycles. The average Bonchev–Trinajstić information content (AvgIpc) is 2.35.